The number of nitriles is 1. The van der Waals surface area contributed by atoms with Crippen LogP contribution in [0.1, 0.15) is 38.3 Å². The summed E-state index contributed by atoms with van der Waals surface area (Å²) in [4.78, 5) is 4.30. The maximum Gasteiger partial charge on any atom is 0.155 e. The third kappa shape index (κ3) is 2.83. The topological polar surface area (TPSA) is 65.4 Å². The molecule has 1 N–H and O–H groups in total. The van der Waals surface area contributed by atoms with E-state index in [0.717, 1.165) is 40.6 Å². The van der Waals surface area contributed by atoms with Crippen molar-refractivity contribution < 1.29 is 0 Å². The molecule has 0 aliphatic carbocycles. The van der Waals surface area contributed by atoms with Crippen LogP contribution in [-0.2, 0) is 11.8 Å². The van der Waals surface area contributed by atoms with E-state index in [-0.39, 0.29) is 0 Å². The molecular weight excluding hydrogens is 284 g/mol. The molecule has 3 rings (SSSR count). The molecule has 116 valence electrons. The largest absolute Gasteiger partial charge is 0.261 e. The lowest BCUT2D eigenvalue weighted by atomic mass is 9.83. The van der Waals surface area contributed by atoms with Crippen LogP contribution in [-0.4, -0.2) is 15.2 Å². The van der Waals surface area contributed by atoms with Gasteiger partial charge in [-0.2, -0.15) is 10.4 Å². The van der Waals surface area contributed by atoms with Gasteiger partial charge in [0.05, 0.1) is 17.7 Å². The zero-order valence-corrected chi connectivity index (χ0v) is 13.7. The summed E-state index contributed by atoms with van der Waals surface area (Å²) in [6.07, 6.45) is 5.67. The highest BCUT2D eigenvalue weighted by Crippen LogP contribution is 2.32. The Balaban J connectivity index is 2.23. The quantitative estimate of drug-likeness (QED) is 0.778. The number of nitrogens with one attached hydrogen (secondary N) is 1. The number of aryl methyl sites for hydroxylation is 1. The van der Waals surface area contributed by atoms with Crippen LogP contribution < -0.4 is 0 Å². The third-order valence-corrected chi connectivity index (χ3v) is 4.20. The lowest BCUT2D eigenvalue weighted by molar-refractivity contribution is 0.685. The number of rotatable bonds is 4. The third-order valence-electron chi connectivity index (χ3n) is 4.20. The second-order valence-corrected chi connectivity index (χ2v) is 6.40. The standard InChI is InChI=1S/C19H20N4/c1-4-5-13-8-14(10-15(9-13)19(2,3)12-20)16-6-7-21-18-17(16)11-22-23-18/h6-11H,4-5H2,1-3H3,(H,21,22,23). The van der Waals surface area contributed by atoms with Gasteiger partial charge in [0, 0.05) is 11.6 Å². The van der Waals surface area contributed by atoms with Crippen molar-refractivity contribution in [3.05, 3.63) is 47.8 Å². The number of benzene rings is 1. The van der Waals surface area contributed by atoms with Gasteiger partial charge in [0.15, 0.2) is 5.65 Å². The number of aromatic nitrogens is 3. The van der Waals surface area contributed by atoms with Crippen molar-refractivity contribution in [2.75, 3.05) is 0 Å². The summed E-state index contributed by atoms with van der Waals surface area (Å²) in [5, 5.41) is 17.5. The van der Waals surface area contributed by atoms with Gasteiger partial charge in [-0.1, -0.05) is 25.5 Å². The summed E-state index contributed by atoms with van der Waals surface area (Å²) in [5.41, 5.74) is 4.79. The van der Waals surface area contributed by atoms with Gasteiger partial charge in [0.25, 0.3) is 0 Å². The molecule has 0 aliphatic heterocycles. The fourth-order valence-electron chi connectivity index (χ4n) is 2.81. The molecule has 4 heteroatoms. The number of H-pyrrole nitrogens is 1. The zero-order valence-electron chi connectivity index (χ0n) is 13.7. The lowest BCUT2D eigenvalue weighted by Gasteiger charge is -2.19. The second-order valence-electron chi connectivity index (χ2n) is 6.40. The van der Waals surface area contributed by atoms with E-state index in [0.29, 0.717) is 0 Å². The first-order valence-corrected chi connectivity index (χ1v) is 7.89. The van der Waals surface area contributed by atoms with Crippen LogP contribution in [0.15, 0.2) is 36.7 Å². The highest BCUT2D eigenvalue weighted by atomic mass is 15.1. The first-order chi connectivity index (χ1) is 11.0. The van der Waals surface area contributed by atoms with Crippen LogP contribution in [0.5, 0.6) is 0 Å². The molecule has 0 saturated heterocycles. The van der Waals surface area contributed by atoms with Crippen molar-refractivity contribution in [3.8, 4) is 17.2 Å². The van der Waals surface area contributed by atoms with Crippen LogP contribution in [0.4, 0.5) is 0 Å². The molecule has 0 spiro atoms. The Morgan fingerprint density at radius 3 is 2.83 bits per heavy atom. The van der Waals surface area contributed by atoms with Crippen molar-refractivity contribution in [1.82, 2.24) is 15.2 Å². The predicted octanol–water partition coefficient (Wildman–Crippen LogP) is 4.38. The van der Waals surface area contributed by atoms with Gasteiger partial charge >= 0.3 is 0 Å². The molecule has 2 aromatic heterocycles. The number of pyridine rings is 1. The van der Waals surface area contributed by atoms with E-state index in [1.807, 2.05) is 19.9 Å². The molecule has 23 heavy (non-hydrogen) atoms. The van der Waals surface area contributed by atoms with E-state index in [1.165, 1.54) is 5.56 Å². The Labute approximate surface area is 136 Å². The molecule has 0 aliphatic rings. The molecular formula is C19H20N4. The number of fused-ring (bicyclic) bond motifs is 1. The van der Waals surface area contributed by atoms with Crippen LogP contribution in [0, 0.1) is 11.3 Å². The minimum Gasteiger partial charge on any atom is -0.261 e. The van der Waals surface area contributed by atoms with Crippen LogP contribution in [0.2, 0.25) is 0 Å². The van der Waals surface area contributed by atoms with E-state index in [2.05, 4.69) is 46.4 Å². The molecule has 0 radical (unpaired) electrons. The van der Waals surface area contributed by atoms with Crippen molar-refractivity contribution >= 4 is 11.0 Å². The van der Waals surface area contributed by atoms with Crippen molar-refractivity contribution in [1.29, 1.82) is 5.26 Å². The number of hydrogen-bond acceptors (Lipinski definition) is 3. The van der Waals surface area contributed by atoms with Crippen LogP contribution >= 0.6 is 0 Å². The SMILES string of the molecule is CCCc1cc(-c2ccnc3[nH]ncc23)cc(C(C)(C)C#N)c1. The second kappa shape index (κ2) is 5.85. The van der Waals surface area contributed by atoms with E-state index in [1.54, 1.807) is 12.4 Å². The lowest BCUT2D eigenvalue weighted by Crippen LogP contribution is -2.14. The number of nitrogens with zero attached hydrogens (tertiary/aromatic N) is 3. The fourth-order valence-corrected chi connectivity index (χ4v) is 2.81. The average molecular weight is 304 g/mol. The summed E-state index contributed by atoms with van der Waals surface area (Å²) in [6.45, 7) is 6.09. The average Bonchev–Trinajstić information content (AvgIpc) is 3.03. The Morgan fingerprint density at radius 1 is 1.26 bits per heavy atom. The minimum atomic E-state index is -0.513. The summed E-state index contributed by atoms with van der Waals surface area (Å²) in [5.74, 6) is 0. The molecule has 0 amide bonds. The highest BCUT2D eigenvalue weighted by Gasteiger charge is 2.21. The smallest absolute Gasteiger partial charge is 0.155 e. The van der Waals surface area contributed by atoms with E-state index >= 15 is 0 Å². The van der Waals surface area contributed by atoms with Gasteiger partial charge in [-0.05, 0) is 54.7 Å². The number of hydrogen-bond donors (Lipinski definition) is 1. The first kappa shape index (κ1) is 15.2. The maximum absolute atomic E-state index is 9.49. The Morgan fingerprint density at radius 2 is 2.09 bits per heavy atom. The molecule has 3 aromatic rings. The van der Waals surface area contributed by atoms with Crippen molar-refractivity contribution in [3.63, 3.8) is 0 Å². The molecule has 1 aromatic carbocycles. The maximum atomic E-state index is 9.49. The minimum absolute atomic E-state index is 0.513. The predicted molar refractivity (Wildman–Crippen MR) is 92.0 cm³/mol. The van der Waals surface area contributed by atoms with E-state index in [9.17, 15) is 5.26 Å². The van der Waals surface area contributed by atoms with Crippen molar-refractivity contribution in [2.24, 2.45) is 0 Å². The Hall–Kier alpha value is -2.67. The Bertz CT molecular complexity index is 884. The van der Waals surface area contributed by atoms with Gasteiger partial charge in [0.2, 0.25) is 0 Å². The number of aromatic amines is 1. The fraction of sp³-hybridized carbons (Fsp3) is 0.316. The zero-order chi connectivity index (χ0) is 16.4. The Kier molecular flexibility index (Phi) is 3.87. The molecule has 0 saturated carbocycles. The highest BCUT2D eigenvalue weighted by molar-refractivity contribution is 5.92. The summed E-state index contributed by atoms with van der Waals surface area (Å²) >= 11 is 0. The van der Waals surface area contributed by atoms with Gasteiger partial charge < -0.3 is 0 Å². The van der Waals surface area contributed by atoms with Gasteiger partial charge in [-0.15, -0.1) is 0 Å². The molecule has 4 nitrogen and oxygen atoms in total. The molecule has 0 fully saturated rings. The summed E-state index contributed by atoms with van der Waals surface area (Å²) < 4.78 is 0. The summed E-state index contributed by atoms with van der Waals surface area (Å²) in [6, 6.07) is 10.9. The molecule has 0 unspecified atom stereocenters. The van der Waals surface area contributed by atoms with Crippen LogP contribution in [0.3, 0.4) is 0 Å². The summed E-state index contributed by atoms with van der Waals surface area (Å²) in [7, 11) is 0. The molecule has 0 bridgehead atoms. The normalized spacial score (nSPS) is 11.6. The van der Waals surface area contributed by atoms with Crippen LogP contribution in [0.25, 0.3) is 22.2 Å². The van der Waals surface area contributed by atoms with Gasteiger partial charge in [0.1, 0.15) is 0 Å². The van der Waals surface area contributed by atoms with Crippen molar-refractivity contribution in [2.45, 2.75) is 39.0 Å². The molecule has 0 atom stereocenters. The molecule has 2 heterocycles. The van der Waals surface area contributed by atoms with E-state index in [4.69, 9.17) is 0 Å². The monoisotopic (exact) mass is 304 g/mol. The van der Waals surface area contributed by atoms with E-state index < -0.39 is 5.41 Å². The first-order valence-electron chi connectivity index (χ1n) is 7.89. The van der Waals surface area contributed by atoms with Gasteiger partial charge in [-0.25, -0.2) is 4.98 Å². The van der Waals surface area contributed by atoms with Gasteiger partial charge in [-0.3, -0.25) is 5.10 Å².